The Morgan fingerprint density at radius 2 is 1.95 bits per heavy atom. The molecule has 7 heteroatoms. The van der Waals surface area contributed by atoms with Gasteiger partial charge in [-0.2, -0.15) is 0 Å². The molecule has 0 spiro atoms. The van der Waals surface area contributed by atoms with Gasteiger partial charge < -0.3 is 9.64 Å². The molecule has 6 nitrogen and oxygen atoms in total. The molecule has 1 aromatic heterocycles. The summed E-state index contributed by atoms with van der Waals surface area (Å²) in [5.41, 5.74) is 0.925. The average molecular weight is 307 g/mol. The van der Waals surface area contributed by atoms with Gasteiger partial charge in [0, 0.05) is 25.4 Å². The quantitative estimate of drug-likeness (QED) is 0.902. The maximum atomic E-state index is 11.6. The molecule has 0 amide bonds. The molecule has 0 saturated heterocycles. The van der Waals surface area contributed by atoms with E-state index in [4.69, 9.17) is 9.88 Å². The first-order chi connectivity index (χ1) is 9.93. The van der Waals surface area contributed by atoms with Gasteiger partial charge >= 0.3 is 0 Å². The van der Waals surface area contributed by atoms with E-state index in [1.165, 1.54) is 12.3 Å². The smallest absolute Gasteiger partial charge is 0.241 e. The van der Waals surface area contributed by atoms with Gasteiger partial charge in [0.05, 0.1) is 7.11 Å². The topological polar surface area (TPSA) is 85.5 Å². The summed E-state index contributed by atoms with van der Waals surface area (Å²) in [7, 11) is -0.476. The number of nitrogens with two attached hydrogens (primary N) is 1. The van der Waals surface area contributed by atoms with Crippen molar-refractivity contribution in [1.29, 1.82) is 0 Å². The van der Waals surface area contributed by atoms with Gasteiger partial charge in [0.15, 0.2) is 0 Å². The normalized spacial score (nSPS) is 11.2. The van der Waals surface area contributed by atoms with Gasteiger partial charge in [-0.15, -0.1) is 0 Å². The molecule has 1 aromatic carbocycles. The highest BCUT2D eigenvalue weighted by Gasteiger charge is 2.18. The molecule has 1 heterocycles. The second kappa shape index (κ2) is 6.11. The van der Waals surface area contributed by atoms with Crippen LogP contribution in [0.25, 0.3) is 0 Å². The third-order valence-electron chi connectivity index (χ3n) is 3.02. The van der Waals surface area contributed by atoms with Crippen LogP contribution in [0, 0.1) is 0 Å². The maximum Gasteiger partial charge on any atom is 0.241 e. The minimum atomic E-state index is -3.82. The molecule has 0 radical (unpaired) electrons. The van der Waals surface area contributed by atoms with Crippen molar-refractivity contribution in [2.24, 2.45) is 5.14 Å². The van der Waals surface area contributed by atoms with Gasteiger partial charge in [-0.1, -0.05) is 18.2 Å². The number of methoxy groups -OCH3 is 1. The number of para-hydroxylation sites is 1. The lowest BCUT2D eigenvalue weighted by atomic mass is 10.2. The molecule has 0 aliphatic rings. The molecule has 0 unspecified atom stereocenters. The Balaban J connectivity index is 2.36. The number of aromatic nitrogens is 1. The molecule has 112 valence electrons. The molecule has 0 aliphatic heterocycles. The molecule has 2 aromatic rings. The molecule has 0 saturated carbocycles. The average Bonchev–Trinajstić information content (AvgIpc) is 2.47. The van der Waals surface area contributed by atoms with Crippen molar-refractivity contribution in [3.05, 3.63) is 48.2 Å². The summed E-state index contributed by atoms with van der Waals surface area (Å²) < 4.78 is 28.5. The van der Waals surface area contributed by atoms with Crippen molar-refractivity contribution in [2.45, 2.75) is 11.4 Å². The van der Waals surface area contributed by atoms with Gasteiger partial charge in [-0.25, -0.2) is 18.5 Å². The maximum absolute atomic E-state index is 11.6. The Morgan fingerprint density at radius 3 is 2.62 bits per heavy atom. The number of anilines is 1. The molecular weight excluding hydrogens is 290 g/mol. The van der Waals surface area contributed by atoms with Gasteiger partial charge in [0.25, 0.3) is 0 Å². The molecule has 0 fully saturated rings. The summed E-state index contributed by atoms with van der Waals surface area (Å²) in [4.78, 5) is 5.84. The van der Waals surface area contributed by atoms with Crippen molar-refractivity contribution in [3.8, 4) is 5.75 Å². The number of primary sulfonamides is 1. The predicted molar refractivity (Wildman–Crippen MR) is 80.7 cm³/mol. The Hall–Kier alpha value is -2.12. The summed E-state index contributed by atoms with van der Waals surface area (Å²) in [6.07, 6.45) is 1.53. The zero-order valence-corrected chi connectivity index (χ0v) is 12.7. The molecular formula is C14H17N3O3S. The van der Waals surface area contributed by atoms with Crippen molar-refractivity contribution in [1.82, 2.24) is 4.98 Å². The lowest BCUT2D eigenvalue weighted by molar-refractivity contribution is 0.409. The number of nitrogens with zero attached hydrogens (tertiary/aromatic N) is 2. The lowest BCUT2D eigenvalue weighted by Gasteiger charge is -2.21. The first-order valence-corrected chi connectivity index (χ1v) is 7.79. The Labute approximate surface area is 124 Å². The highest BCUT2D eigenvalue weighted by molar-refractivity contribution is 7.89. The first-order valence-electron chi connectivity index (χ1n) is 6.24. The van der Waals surface area contributed by atoms with Gasteiger partial charge in [0.1, 0.15) is 16.5 Å². The minimum absolute atomic E-state index is 0.00222. The third kappa shape index (κ3) is 3.50. The van der Waals surface area contributed by atoms with E-state index in [1.807, 2.05) is 24.3 Å². The number of hydrogen-bond acceptors (Lipinski definition) is 5. The fourth-order valence-electron chi connectivity index (χ4n) is 2.05. The highest BCUT2D eigenvalue weighted by atomic mass is 32.2. The molecule has 0 aliphatic carbocycles. The fourth-order valence-corrected chi connectivity index (χ4v) is 2.79. The van der Waals surface area contributed by atoms with E-state index in [1.54, 1.807) is 25.1 Å². The van der Waals surface area contributed by atoms with Gasteiger partial charge in [-0.3, -0.25) is 0 Å². The van der Waals surface area contributed by atoms with Crippen LogP contribution in [0.15, 0.2) is 47.5 Å². The van der Waals surface area contributed by atoms with Crippen LogP contribution in [0.1, 0.15) is 5.56 Å². The lowest BCUT2D eigenvalue weighted by Crippen LogP contribution is -2.23. The molecule has 2 rings (SSSR count). The van der Waals surface area contributed by atoms with Crippen molar-refractivity contribution in [2.75, 3.05) is 19.1 Å². The standard InChI is InChI=1S/C14H17N3O3S/c1-17(10-11-6-3-4-7-12(11)20-2)14-13(21(15,18)19)8-5-9-16-14/h3-9H,10H2,1-2H3,(H2,15,18,19). The first kappa shape index (κ1) is 15.3. The fraction of sp³-hybridized carbons (Fsp3) is 0.214. The summed E-state index contributed by atoms with van der Waals surface area (Å²) in [6.45, 7) is 0.448. The van der Waals surface area contributed by atoms with Crippen LogP contribution >= 0.6 is 0 Å². The van der Waals surface area contributed by atoms with E-state index in [2.05, 4.69) is 4.98 Å². The number of sulfonamides is 1. The third-order valence-corrected chi connectivity index (χ3v) is 3.95. The number of rotatable bonds is 5. The second-order valence-corrected chi connectivity index (χ2v) is 6.07. The monoisotopic (exact) mass is 307 g/mol. The number of ether oxygens (including phenoxy) is 1. The largest absolute Gasteiger partial charge is 0.496 e. The zero-order chi connectivity index (χ0) is 15.5. The summed E-state index contributed by atoms with van der Waals surface area (Å²) in [6, 6.07) is 10.5. The highest BCUT2D eigenvalue weighted by Crippen LogP contribution is 2.24. The van der Waals surface area contributed by atoms with Crippen LogP contribution in [0.5, 0.6) is 5.75 Å². The van der Waals surface area contributed by atoms with Crippen LogP contribution < -0.4 is 14.8 Å². The van der Waals surface area contributed by atoms with Gasteiger partial charge in [-0.05, 0) is 18.2 Å². The minimum Gasteiger partial charge on any atom is -0.496 e. The van der Waals surface area contributed by atoms with Crippen LogP contribution in [0.3, 0.4) is 0 Å². The molecule has 0 atom stereocenters. The Kier molecular flexibility index (Phi) is 4.44. The summed E-state index contributed by atoms with van der Waals surface area (Å²) in [5.74, 6) is 1.04. The Bertz CT molecular complexity index is 732. The molecule has 0 bridgehead atoms. The van der Waals surface area contributed by atoms with Crippen LogP contribution in [0.2, 0.25) is 0 Å². The van der Waals surface area contributed by atoms with Crippen molar-refractivity contribution < 1.29 is 13.2 Å². The van der Waals surface area contributed by atoms with E-state index in [0.717, 1.165) is 11.3 Å². The van der Waals surface area contributed by atoms with E-state index >= 15 is 0 Å². The van der Waals surface area contributed by atoms with Gasteiger partial charge in [0.2, 0.25) is 10.0 Å². The van der Waals surface area contributed by atoms with Crippen LogP contribution in [-0.2, 0) is 16.6 Å². The van der Waals surface area contributed by atoms with Crippen LogP contribution in [0.4, 0.5) is 5.82 Å². The van der Waals surface area contributed by atoms with Crippen molar-refractivity contribution in [3.63, 3.8) is 0 Å². The number of hydrogen-bond donors (Lipinski definition) is 1. The summed E-state index contributed by atoms with van der Waals surface area (Å²) >= 11 is 0. The van der Waals surface area contributed by atoms with Crippen molar-refractivity contribution >= 4 is 15.8 Å². The second-order valence-electron chi connectivity index (χ2n) is 4.54. The SMILES string of the molecule is COc1ccccc1CN(C)c1ncccc1S(N)(=O)=O. The van der Waals surface area contributed by atoms with E-state index in [0.29, 0.717) is 12.4 Å². The number of pyridine rings is 1. The van der Waals surface area contributed by atoms with Crippen LogP contribution in [-0.4, -0.2) is 27.6 Å². The van der Waals surface area contributed by atoms with E-state index in [-0.39, 0.29) is 4.90 Å². The summed E-state index contributed by atoms with van der Waals surface area (Å²) in [5, 5.41) is 5.23. The van der Waals surface area contributed by atoms with E-state index in [9.17, 15) is 8.42 Å². The zero-order valence-electron chi connectivity index (χ0n) is 11.9. The Morgan fingerprint density at radius 1 is 1.24 bits per heavy atom. The molecule has 21 heavy (non-hydrogen) atoms. The predicted octanol–water partition coefficient (Wildman–Crippen LogP) is 1.37. The number of benzene rings is 1. The van der Waals surface area contributed by atoms with E-state index < -0.39 is 10.0 Å². The molecule has 2 N–H and O–H groups in total.